The number of non-ortho nitro benzene ring substituents is 1. The van der Waals surface area contributed by atoms with Crippen molar-refractivity contribution >= 4 is 23.7 Å². The van der Waals surface area contributed by atoms with Gasteiger partial charge in [-0.1, -0.05) is 36.4 Å². The van der Waals surface area contributed by atoms with Gasteiger partial charge in [0.1, 0.15) is 23.9 Å². The van der Waals surface area contributed by atoms with Crippen molar-refractivity contribution in [3.8, 4) is 5.75 Å². The van der Waals surface area contributed by atoms with E-state index in [0.29, 0.717) is 22.4 Å². The molecule has 9 heteroatoms. The van der Waals surface area contributed by atoms with Crippen LogP contribution in [0.15, 0.2) is 78.5 Å². The molecule has 3 aromatic rings. The van der Waals surface area contributed by atoms with Gasteiger partial charge >= 0.3 is 6.03 Å². The number of nitrogens with zero attached hydrogens (tertiary/aromatic N) is 2. The molecule has 1 aliphatic heterocycles. The summed E-state index contributed by atoms with van der Waals surface area (Å²) in [6.07, 6.45) is 1.55. The molecule has 0 saturated carbocycles. The summed E-state index contributed by atoms with van der Waals surface area (Å²) in [6.45, 7) is 0.196. The van der Waals surface area contributed by atoms with Gasteiger partial charge in [-0.25, -0.2) is 9.18 Å². The van der Waals surface area contributed by atoms with Crippen molar-refractivity contribution in [1.29, 1.82) is 0 Å². The summed E-state index contributed by atoms with van der Waals surface area (Å²) in [7, 11) is 0. The standard InChI is InChI=1S/C24H18FN3O5/c25-19-8-4-17(5-9-19)14-27-23(29)22(26-24(27)30)13-16-6-10-21(11-7-16)33-15-18-2-1-3-20(12-18)28(31)32/h1-13H,14-15H2,(H,26,30)/b22-13+. The van der Waals surface area contributed by atoms with Gasteiger partial charge in [-0.3, -0.25) is 19.8 Å². The molecule has 0 spiro atoms. The number of imide groups is 1. The van der Waals surface area contributed by atoms with Crippen molar-refractivity contribution in [2.24, 2.45) is 0 Å². The van der Waals surface area contributed by atoms with Gasteiger partial charge in [0.25, 0.3) is 11.6 Å². The zero-order valence-electron chi connectivity index (χ0n) is 17.2. The van der Waals surface area contributed by atoms with Crippen LogP contribution in [0.1, 0.15) is 16.7 Å². The predicted molar refractivity (Wildman–Crippen MR) is 117 cm³/mol. The van der Waals surface area contributed by atoms with Crippen LogP contribution < -0.4 is 10.1 Å². The van der Waals surface area contributed by atoms with E-state index in [4.69, 9.17) is 4.74 Å². The number of benzene rings is 3. The minimum absolute atomic E-state index is 0.00479. The van der Waals surface area contributed by atoms with E-state index in [0.717, 1.165) is 4.90 Å². The lowest BCUT2D eigenvalue weighted by Crippen LogP contribution is -2.30. The van der Waals surface area contributed by atoms with Crippen molar-refractivity contribution in [2.75, 3.05) is 0 Å². The fraction of sp³-hybridized carbons (Fsp3) is 0.0833. The van der Waals surface area contributed by atoms with Crippen LogP contribution in [0.2, 0.25) is 0 Å². The lowest BCUT2D eigenvalue weighted by Gasteiger charge is -2.11. The predicted octanol–water partition coefficient (Wildman–Crippen LogP) is 4.41. The number of nitro groups is 1. The number of urea groups is 1. The summed E-state index contributed by atoms with van der Waals surface area (Å²) < 4.78 is 18.7. The molecular weight excluding hydrogens is 429 g/mol. The third-order valence-electron chi connectivity index (χ3n) is 4.93. The Balaban J connectivity index is 1.39. The maximum atomic E-state index is 13.1. The number of halogens is 1. The smallest absolute Gasteiger partial charge is 0.329 e. The molecule has 0 aliphatic carbocycles. The van der Waals surface area contributed by atoms with Crippen molar-refractivity contribution < 1.29 is 23.6 Å². The molecule has 1 saturated heterocycles. The van der Waals surface area contributed by atoms with Gasteiger partial charge in [-0.05, 0) is 47.0 Å². The Labute approximate surface area is 188 Å². The average molecular weight is 447 g/mol. The topological polar surface area (TPSA) is 102 Å². The van der Waals surface area contributed by atoms with E-state index in [1.165, 1.54) is 36.4 Å². The summed E-state index contributed by atoms with van der Waals surface area (Å²) >= 11 is 0. The van der Waals surface area contributed by atoms with Gasteiger partial charge in [-0.15, -0.1) is 0 Å². The summed E-state index contributed by atoms with van der Waals surface area (Å²) in [5.41, 5.74) is 2.09. The van der Waals surface area contributed by atoms with Crippen LogP contribution in [0.5, 0.6) is 5.75 Å². The first kappa shape index (κ1) is 21.7. The summed E-state index contributed by atoms with van der Waals surface area (Å²) in [4.78, 5) is 36.3. The molecule has 1 N–H and O–H groups in total. The third-order valence-corrected chi connectivity index (χ3v) is 4.93. The molecule has 1 aliphatic rings. The Bertz CT molecular complexity index is 1240. The Hall–Kier alpha value is -4.53. The number of nitro benzene ring substituents is 1. The SMILES string of the molecule is O=C1N/C(=C/c2ccc(OCc3cccc([N+](=O)[O-])c3)cc2)C(=O)N1Cc1ccc(F)cc1. The number of carbonyl (C=O) groups is 2. The number of carbonyl (C=O) groups excluding carboxylic acids is 2. The fourth-order valence-corrected chi connectivity index (χ4v) is 3.24. The third kappa shape index (κ3) is 5.21. The van der Waals surface area contributed by atoms with Gasteiger partial charge < -0.3 is 10.1 Å². The second kappa shape index (κ2) is 9.31. The first-order valence-electron chi connectivity index (χ1n) is 9.94. The number of nitrogens with one attached hydrogen (secondary N) is 1. The second-order valence-corrected chi connectivity index (χ2v) is 7.29. The highest BCUT2D eigenvalue weighted by Gasteiger charge is 2.33. The minimum atomic E-state index is -0.549. The van der Waals surface area contributed by atoms with E-state index in [-0.39, 0.29) is 24.5 Å². The molecule has 8 nitrogen and oxygen atoms in total. The van der Waals surface area contributed by atoms with Crippen LogP contribution in [0.3, 0.4) is 0 Å². The molecule has 3 amide bonds. The van der Waals surface area contributed by atoms with E-state index in [1.807, 2.05) is 0 Å². The monoisotopic (exact) mass is 447 g/mol. The maximum absolute atomic E-state index is 13.1. The highest BCUT2D eigenvalue weighted by Crippen LogP contribution is 2.20. The van der Waals surface area contributed by atoms with Crippen molar-refractivity contribution in [3.63, 3.8) is 0 Å². The van der Waals surface area contributed by atoms with Crippen LogP contribution in [0, 0.1) is 15.9 Å². The van der Waals surface area contributed by atoms with Crippen molar-refractivity contribution in [3.05, 3.63) is 111 Å². The van der Waals surface area contributed by atoms with Crippen molar-refractivity contribution in [1.82, 2.24) is 10.2 Å². The molecule has 33 heavy (non-hydrogen) atoms. The lowest BCUT2D eigenvalue weighted by atomic mass is 10.1. The number of hydrogen-bond acceptors (Lipinski definition) is 5. The largest absolute Gasteiger partial charge is 0.489 e. The highest BCUT2D eigenvalue weighted by molar-refractivity contribution is 6.13. The Morgan fingerprint density at radius 3 is 2.42 bits per heavy atom. The minimum Gasteiger partial charge on any atom is -0.489 e. The van der Waals surface area contributed by atoms with Crippen molar-refractivity contribution in [2.45, 2.75) is 13.2 Å². The van der Waals surface area contributed by atoms with E-state index >= 15 is 0 Å². The Kier molecular flexibility index (Phi) is 6.12. The first-order chi connectivity index (χ1) is 15.9. The molecule has 166 valence electrons. The zero-order chi connectivity index (χ0) is 23.4. The van der Waals surface area contributed by atoms with Gasteiger partial charge in [0.05, 0.1) is 11.5 Å². The number of amides is 3. The summed E-state index contributed by atoms with van der Waals surface area (Å²) in [5.74, 6) is -0.326. The molecule has 1 fully saturated rings. The van der Waals surface area contributed by atoms with Crippen LogP contribution in [-0.4, -0.2) is 21.8 Å². The second-order valence-electron chi connectivity index (χ2n) is 7.29. The number of hydrogen-bond donors (Lipinski definition) is 1. The summed E-state index contributed by atoms with van der Waals surface area (Å²) in [5, 5.41) is 13.4. The van der Waals surface area contributed by atoms with E-state index < -0.39 is 22.7 Å². The number of rotatable bonds is 7. The average Bonchev–Trinajstić information content (AvgIpc) is 3.07. The molecule has 0 radical (unpaired) electrons. The maximum Gasteiger partial charge on any atom is 0.329 e. The van der Waals surface area contributed by atoms with Crippen LogP contribution in [-0.2, 0) is 17.9 Å². The fourth-order valence-electron chi connectivity index (χ4n) is 3.24. The molecule has 0 aromatic heterocycles. The molecule has 4 rings (SSSR count). The zero-order valence-corrected chi connectivity index (χ0v) is 17.2. The van der Waals surface area contributed by atoms with E-state index in [2.05, 4.69) is 5.32 Å². The normalized spacial score (nSPS) is 14.5. The van der Waals surface area contributed by atoms with Gasteiger partial charge in [-0.2, -0.15) is 0 Å². The molecular formula is C24H18FN3O5. The van der Waals surface area contributed by atoms with E-state index in [1.54, 1.807) is 42.5 Å². The molecule has 0 bridgehead atoms. The highest BCUT2D eigenvalue weighted by atomic mass is 19.1. The van der Waals surface area contributed by atoms with Crippen LogP contribution in [0.25, 0.3) is 6.08 Å². The molecule has 1 heterocycles. The van der Waals surface area contributed by atoms with Crippen LogP contribution >= 0.6 is 0 Å². The van der Waals surface area contributed by atoms with Gasteiger partial charge in [0.15, 0.2) is 0 Å². The Morgan fingerprint density at radius 1 is 1.00 bits per heavy atom. The Morgan fingerprint density at radius 2 is 1.73 bits per heavy atom. The summed E-state index contributed by atoms with van der Waals surface area (Å²) in [6, 6.07) is 18.1. The van der Waals surface area contributed by atoms with Crippen LogP contribution in [0.4, 0.5) is 14.9 Å². The van der Waals surface area contributed by atoms with Gasteiger partial charge in [0, 0.05) is 12.1 Å². The molecule has 3 aromatic carbocycles. The quantitative estimate of drug-likeness (QED) is 0.250. The van der Waals surface area contributed by atoms with Gasteiger partial charge in [0.2, 0.25) is 0 Å². The molecule has 0 atom stereocenters. The first-order valence-corrected chi connectivity index (χ1v) is 9.94. The molecule has 0 unspecified atom stereocenters. The lowest BCUT2D eigenvalue weighted by molar-refractivity contribution is -0.384. The van der Waals surface area contributed by atoms with E-state index in [9.17, 15) is 24.1 Å². The number of ether oxygens (including phenoxy) is 1.